The maximum Gasteiger partial charge on any atom is 0.124 e. The van der Waals surface area contributed by atoms with Crippen LogP contribution in [0.25, 0.3) is 0 Å². The van der Waals surface area contributed by atoms with Gasteiger partial charge in [0.2, 0.25) is 0 Å². The molecule has 4 nitrogen and oxygen atoms in total. The van der Waals surface area contributed by atoms with Gasteiger partial charge in [0.05, 0.1) is 12.6 Å². The Hall–Kier alpha value is -1.10. The van der Waals surface area contributed by atoms with Gasteiger partial charge in [-0.2, -0.15) is 0 Å². The van der Waals surface area contributed by atoms with Crippen molar-refractivity contribution >= 4 is 0 Å². The first-order valence-corrected chi connectivity index (χ1v) is 8.07. The van der Waals surface area contributed by atoms with E-state index < -0.39 is 0 Å². The van der Waals surface area contributed by atoms with Gasteiger partial charge in [0.25, 0.3) is 0 Å². The minimum atomic E-state index is 0.280. The molecule has 1 aliphatic heterocycles. The van der Waals surface area contributed by atoms with Gasteiger partial charge < -0.3 is 10.1 Å². The van der Waals surface area contributed by atoms with Crippen molar-refractivity contribution in [2.45, 2.75) is 39.8 Å². The van der Waals surface area contributed by atoms with Gasteiger partial charge >= 0.3 is 0 Å². The smallest absolute Gasteiger partial charge is 0.124 e. The first kappa shape index (κ1) is 16.3. The molecule has 0 saturated carbocycles. The summed E-state index contributed by atoms with van der Waals surface area (Å²) in [4.78, 5) is 0. The predicted octanol–water partition coefficient (Wildman–Crippen LogP) is 2.48. The van der Waals surface area contributed by atoms with Gasteiger partial charge in [-0.1, -0.05) is 39.0 Å². The van der Waals surface area contributed by atoms with E-state index in [9.17, 15) is 0 Å². The zero-order chi connectivity index (χ0) is 15.2. The van der Waals surface area contributed by atoms with Gasteiger partial charge in [0, 0.05) is 24.1 Å². The lowest BCUT2D eigenvalue weighted by atomic mass is 9.89. The molecule has 4 heteroatoms. The van der Waals surface area contributed by atoms with Crippen LogP contribution in [0.15, 0.2) is 24.3 Å². The van der Waals surface area contributed by atoms with Crippen molar-refractivity contribution in [3.05, 3.63) is 29.8 Å². The van der Waals surface area contributed by atoms with Gasteiger partial charge in [-0.05, 0) is 25.5 Å². The maximum atomic E-state index is 6.01. The number of ether oxygens (including phenoxy) is 1. The van der Waals surface area contributed by atoms with Crippen molar-refractivity contribution < 1.29 is 4.74 Å². The summed E-state index contributed by atoms with van der Waals surface area (Å²) in [7, 11) is 0. The predicted molar refractivity (Wildman–Crippen MR) is 87.3 cm³/mol. The molecule has 0 spiro atoms. The zero-order valence-electron chi connectivity index (χ0n) is 13.6. The van der Waals surface area contributed by atoms with Crippen LogP contribution < -0.4 is 20.9 Å². The number of hydrazine groups is 1. The molecule has 1 fully saturated rings. The van der Waals surface area contributed by atoms with Crippen LogP contribution in [-0.2, 0) is 0 Å². The van der Waals surface area contributed by atoms with Crippen molar-refractivity contribution in [1.29, 1.82) is 0 Å². The van der Waals surface area contributed by atoms with Crippen molar-refractivity contribution in [2.24, 2.45) is 11.8 Å². The van der Waals surface area contributed by atoms with Crippen LogP contribution in [0.3, 0.4) is 0 Å². The molecular weight excluding hydrogens is 262 g/mol. The molecule has 3 N–H and O–H groups in total. The molecule has 2 rings (SSSR count). The quantitative estimate of drug-likeness (QED) is 0.722. The number of hydrogen-bond acceptors (Lipinski definition) is 4. The highest BCUT2D eigenvalue weighted by Crippen LogP contribution is 2.34. The lowest BCUT2D eigenvalue weighted by molar-refractivity contribution is 0.264. The summed E-state index contributed by atoms with van der Waals surface area (Å²) in [5, 5.41) is 3.47. The normalized spacial score (nSPS) is 25.5. The van der Waals surface area contributed by atoms with E-state index in [0.717, 1.165) is 25.4 Å². The standard InChI is InChI=1S/C17H29N3O/c1-5-18-10-15-13(4)19-20-17(15)14-8-6-7-9-16(14)21-11-12(2)3/h6-9,12-13,15,17-20H,5,10-11H2,1-4H3. The molecule has 3 unspecified atom stereocenters. The van der Waals surface area contributed by atoms with Crippen LogP contribution in [-0.4, -0.2) is 25.7 Å². The van der Waals surface area contributed by atoms with Crippen LogP contribution in [0, 0.1) is 11.8 Å². The fourth-order valence-corrected chi connectivity index (χ4v) is 2.76. The molecule has 0 aliphatic carbocycles. The van der Waals surface area contributed by atoms with Crippen molar-refractivity contribution in [3.63, 3.8) is 0 Å². The highest BCUT2D eigenvalue weighted by Gasteiger charge is 2.35. The number of nitrogens with one attached hydrogen (secondary N) is 3. The molecule has 118 valence electrons. The second-order valence-corrected chi connectivity index (χ2v) is 6.27. The van der Waals surface area contributed by atoms with Crippen molar-refractivity contribution in [2.75, 3.05) is 19.7 Å². The third-order valence-electron chi connectivity index (χ3n) is 3.99. The fraction of sp³-hybridized carbons (Fsp3) is 0.647. The molecule has 1 aliphatic rings. The molecule has 0 amide bonds. The maximum absolute atomic E-state index is 6.01. The Balaban J connectivity index is 2.15. The molecular formula is C17H29N3O. The largest absolute Gasteiger partial charge is 0.493 e. The van der Waals surface area contributed by atoms with Gasteiger partial charge in [-0.3, -0.25) is 5.43 Å². The van der Waals surface area contributed by atoms with Crippen LogP contribution in [0.5, 0.6) is 5.75 Å². The van der Waals surface area contributed by atoms with Crippen molar-refractivity contribution in [1.82, 2.24) is 16.2 Å². The summed E-state index contributed by atoms with van der Waals surface area (Å²) in [6.07, 6.45) is 0. The molecule has 0 radical (unpaired) electrons. The lowest BCUT2D eigenvalue weighted by Crippen LogP contribution is -2.32. The van der Waals surface area contributed by atoms with E-state index in [0.29, 0.717) is 17.9 Å². The third-order valence-corrected chi connectivity index (χ3v) is 3.99. The van der Waals surface area contributed by atoms with Crippen LogP contribution in [0.1, 0.15) is 39.3 Å². The lowest BCUT2D eigenvalue weighted by Gasteiger charge is -2.24. The molecule has 1 heterocycles. The molecule has 1 aromatic rings. The molecule has 3 atom stereocenters. The first-order valence-electron chi connectivity index (χ1n) is 8.07. The SMILES string of the molecule is CCNCC1C(C)NNC1c1ccccc1OCC(C)C. The van der Waals surface area contributed by atoms with E-state index in [2.05, 4.69) is 62.1 Å². The summed E-state index contributed by atoms with van der Waals surface area (Å²) in [6, 6.07) is 9.10. The summed E-state index contributed by atoms with van der Waals surface area (Å²) in [6.45, 7) is 11.5. The Bertz CT molecular complexity index is 436. The van der Waals surface area contributed by atoms with Crippen LogP contribution >= 0.6 is 0 Å². The summed E-state index contributed by atoms with van der Waals surface area (Å²) >= 11 is 0. The Kier molecular flexibility index (Phi) is 6.03. The molecule has 21 heavy (non-hydrogen) atoms. The molecule has 1 saturated heterocycles. The van der Waals surface area contributed by atoms with Gasteiger partial charge in [-0.15, -0.1) is 0 Å². The first-order chi connectivity index (χ1) is 10.1. The number of para-hydroxylation sites is 1. The second kappa shape index (κ2) is 7.78. The molecule has 0 aromatic heterocycles. The number of benzene rings is 1. The topological polar surface area (TPSA) is 45.3 Å². The van der Waals surface area contributed by atoms with E-state index in [-0.39, 0.29) is 6.04 Å². The highest BCUT2D eigenvalue weighted by molar-refractivity contribution is 5.37. The number of rotatable bonds is 7. The van der Waals surface area contributed by atoms with Gasteiger partial charge in [0.15, 0.2) is 0 Å². The van der Waals surface area contributed by atoms with Crippen molar-refractivity contribution in [3.8, 4) is 5.75 Å². The highest BCUT2D eigenvalue weighted by atomic mass is 16.5. The van der Waals surface area contributed by atoms with Gasteiger partial charge in [-0.25, -0.2) is 5.43 Å². The fourth-order valence-electron chi connectivity index (χ4n) is 2.76. The Morgan fingerprint density at radius 3 is 2.71 bits per heavy atom. The van der Waals surface area contributed by atoms with Gasteiger partial charge in [0.1, 0.15) is 5.75 Å². The Morgan fingerprint density at radius 2 is 2.00 bits per heavy atom. The average molecular weight is 291 g/mol. The third kappa shape index (κ3) is 4.19. The average Bonchev–Trinajstić information content (AvgIpc) is 2.84. The van der Waals surface area contributed by atoms with E-state index in [1.165, 1.54) is 5.56 Å². The number of hydrogen-bond donors (Lipinski definition) is 3. The second-order valence-electron chi connectivity index (χ2n) is 6.27. The monoisotopic (exact) mass is 291 g/mol. The van der Waals surface area contributed by atoms with E-state index >= 15 is 0 Å². The Labute approximate surface area is 128 Å². The van der Waals surface area contributed by atoms with E-state index in [1.54, 1.807) is 0 Å². The van der Waals surface area contributed by atoms with E-state index in [1.807, 2.05) is 6.07 Å². The summed E-state index contributed by atoms with van der Waals surface area (Å²) in [5.41, 5.74) is 8.06. The molecule has 1 aromatic carbocycles. The minimum Gasteiger partial charge on any atom is -0.493 e. The zero-order valence-corrected chi connectivity index (χ0v) is 13.6. The van der Waals surface area contributed by atoms with Crippen LogP contribution in [0.4, 0.5) is 0 Å². The minimum absolute atomic E-state index is 0.280. The van der Waals surface area contributed by atoms with E-state index in [4.69, 9.17) is 4.74 Å². The molecule has 0 bridgehead atoms. The Morgan fingerprint density at radius 1 is 1.24 bits per heavy atom. The van der Waals surface area contributed by atoms with Crippen LogP contribution in [0.2, 0.25) is 0 Å². The summed E-state index contributed by atoms with van der Waals surface area (Å²) < 4.78 is 6.01. The summed E-state index contributed by atoms with van der Waals surface area (Å²) in [5.74, 6) is 2.04.